The summed E-state index contributed by atoms with van der Waals surface area (Å²) in [6.45, 7) is 11.5. The van der Waals surface area contributed by atoms with Crippen molar-refractivity contribution in [2.75, 3.05) is 13.7 Å². The first-order chi connectivity index (χ1) is 10.0. The van der Waals surface area contributed by atoms with Gasteiger partial charge in [0.1, 0.15) is 11.5 Å². The highest BCUT2D eigenvalue weighted by molar-refractivity contribution is 5.63. The van der Waals surface area contributed by atoms with E-state index >= 15 is 0 Å². The second-order valence-electron chi connectivity index (χ2n) is 6.19. The Morgan fingerprint density at radius 3 is 2.48 bits per heavy atom. The van der Waals surface area contributed by atoms with Gasteiger partial charge in [0.25, 0.3) is 0 Å². The number of rotatable bonds is 10. The Labute approximate surface area is 130 Å². The fourth-order valence-corrected chi connectivity index (χ4v) is 2.32. The van der Waals surface area contributed by atoms with Crippen LogP contribution in [0.4, 0.5) is 0 Å². The third kappa shape index (κ3) is 6.70. The van der Waals surface area contributed by atoms with Gasteiger partial charge >= 0.3 is 0 Å². The smallest absolute Gasteiger partial charge is 0.130 e. The molecular formula is C19H30O2. The minimum absolute atomic E-state index is 0.649. The lowest BCUT2D eigenvalue weighted by Gasteiger charge is -2.15. The van der Waals surface area contributed by atoms with E-state index in [2.05, 4.69) is 27.4 Å². The Balaban J connectivity index is 2.37. The molecule has 0 spiro atoms. The van der Waals surface area contributed by atoms with Crippen LogP contribution in [0, 0.1) is 11.8 Å². The van der Waals surface area contributed by atoms with Gasteiger partial charge in [0, 0.05) is 0 Å². The average molecular weight is 290 g/mol. The molecule has 2 heteroatoms. The number of para-hydroxylation sites is 1. The van der Waals surface area contributed by atoms with Crippen LogP contribution in [0.15, 0.2) is 30.8 Å². The highest BCUT2D eigenvalue weighted by Gasteiger charge is 2.08. The van der Waals surface area contributed by atoms with Gasteiger partial charge < -0.3 is 9.47 Å². The van der Waals surface area contributed by atoms with Gasteiger partial charge in [-0.15, -0.1) is 0 Å². The van der Waals surface area contributed by atoms with Crippen molar-refractivity contribution in [1.29, 1.82) is 0 Å². The molecular weight excluding hydrogens is 260 g/mol. The summed E-state index contributed by atoms with van der Waals surface area (Å²) in [4.78, 5) is 0. The lowest BCUT2D eigenvalue weighted by atomic mass is 9.98. The summed E-state index contributed by atoms with van der Waals surface area (Å²) < 4.78 is 11.1. The van der Waals surface area contributed by atoms with Gasteiger partial charge in [0.15, 0.2) is 0 Å². The molecule has 0 radical (unpaired) electrons. The van der Waals surface area contributed by atoms with E-state index in [1.807, 2.05) is 24.3 Å². The van der Waals surface area contributed by atoms with Crippen LogP contribution in [0.5, 0.6) is 5.75 Å². The topological polar surface area (TPSA) is 18.5 Å². The fourth-order valence-electron chi connectivity index (χ4n) is 2.32. The summed E-state index contributed by atoms with van der Waals surface area (Å²) in [7, 11) is 1.63. The van der Waals surface area contributed by atoms with E-state index in [4.69, 9.17) is 9.47 Å². The predicted molar refractivity (Wildman–Crippen MR) is 90.5 cm³/mol. The summed E-state index contributed by atoms with van der Waals surface area (Å²) in [5.41, 5.74) is 0.937. The molecule has 0 saturated heterocycles. The maximum absolute atomic E-state index is 5.92. The first-order valence-electron chi connectivity index (χ1n) is 7.99. The maximum atomic E-state index is 5.92. The van der Waals surface area contributed by atoms with Crippen molar-refractivity contribution in [3.05, 3.63) is 36.4 Å². The molecule has 1 atom stereocenters. The minimum atomic E-state index is 0.649. The average Bonchev–Trinajstić information content (AvgIpc) is 2.46. The number of hydrogen-bond acceptors (Lipinski definition) is 2. The normalized spacial score (nSPS) is 12.2. The third-order valence-electron chi connectivity index (χ3n) is 3.78. The molecule has 0 amide bonds. The quantitative estimate of drug-likeness (QED) is 0.527. The zero-order valence-electron chi connectivity index (χ0n) is 14.0. The van der Waals surface area contributed by atoms with E-state index in [9.17, 15) is 0 Å². The zero-order chi connectivity index (χ0) is 15.7. The maximum Gasteiger partial charge on any atom is 0.130 e. The van der Waals surface area contributed by atoms with Crippen molar-refractivity contribution in [2.24, 2.45) is 11.8 Å². The van der Waals surface area contributed by atoms with Crippen LogP contribution in [-0.4, -0.2) is 13.7 Å². The number of hydrogen-bond donors (Lipinski definition) is 0. The Kier molecular flexibility index (Phi) is 7.96. The molecule has 118 valence electrons. The Morgan fingerprint density at radius 1 is 1.10 bits per heavy atom. The van der Waals surface area contributed by atoms with E-state index in [-0.39, 0.29) is 0 Å². The van der Waals surface area contributed by atoms with Gasteiger partial charge in [-0.3, -0.25) is 0 Å². The fraction of sp³-hybridized carbons (Fsp3) is 0.579. The molecule has 0 aliphatic carbocycles. The molecule has 1 aromatic carbocycles. The Bertz CT molecular complexity index is 423. The van der Waals surface area contributed by atoms with Gasteiger partial charge in [-0.25, -0.2) is 0 Å². The van der Waals surface area contributed by atoms with E-state index in [0.29, 0.717) is 11.7 Å². The zero-order valence-corrected chi connectivity index (χ0v) is 14.0. The van der Waals surface area contributed by atoms with Gasteiger partial charge in [-0.2, -0.15) is 0 Å². The van der Waals surface area contributed by atoms with E-state index in [1.54, 1.807) is 7.11 Å². The van der Waals surface area contributed by atoms with Crippen LogP contribution in [0.1, 0.15) is 52.0 Å². The van der Waals surface area contributed by atoms with Crippen LogP contribution in [0.25, 0.3) is 5.76 Å². The van der Waals surface area contributed by atoms with Crippen molar-refractivity contribution in [1.82, 2.24) is 0 Å². The number of ether oxygens (including phenoxy) is 2. The summed E-state index contributed by atoms with van der Waals surface area (Å²) >= 11 is 0. The van der Waals surface area contributed by atoms with Crippen LogP contribution in [0.2, 0.25) is 0 Å². The molecule has 0 heterocycles. The van der Waals surface area contributed by atoms with E-state index in [0.717, 1.165) is 30.3 Å². The molecule has 21 heavy (non-hydrogen) atoms. The third-order valence-corrected chi connectivity index (χ3v) is 3.78. The number of methoxy groups -OCH3 is 1. The summed E-state index contributed by atoms with van der Waals surface area (Å²) in [5.74, 6) is 3.02. The Morgan fingerprint density at radius 2 is 1.81 bits per heavy atom. The number of benzene rings is 1. The molecule has 2 nitrogen and oxygen atoms in total. The van der Waals surface area contributed by atoms with Crippen molar-refractivity contribution in [3.8, 4) is 5.75 Å². The first kappa shape index (κ1) is 17.6. The van der Waals surface area contributed by atoms with Crippen LogP contribution in [-0.2, 0) is 4.74 Å². The second kappa shape index (κ2) is 9.49. The van der Waals surface area contributed by atoms with Crippen LogP contribution < -0.4 is 4.74 Å². The lowest BCUT2D eigenvalue weighted by molar-refractivity contribution is 0.273. The molecule has 0 saturated carbocycles. The standard InChI is InChI=1S/C19H30O2/c1-15(2)9-8-10-16(3)13-14-21-19-12-7-6-11-18(19)17(4)20-5/h6-7,11-12,15-16H,4,8-10,13-14H2,1-3,5H3. The molecule has 0 fully saturated rings. The van der Waals surface area contributed by atoms with Gasteiger partial charge in [0.2, 0.25) is 0 Å². The predicted octanol–water partition coefficient (Wildman–Crippen LogP) is 5.54. The first-order valence-corrected chi connectivity index (χ1v) is 7.99. The monoisotopic (exact) mass is 290 g/mol. The molecule has 0 aliphatic heterocycles. The van der Waals surface area contributed by atoms with E-state index < -0.39 is 0 Å². The van der Waals surface area contributed by atoms with Crippen molar-refractivity contribution < 1.29 is 9.47 Å². The van der Waals surface area contributed by atoms with E-state index in [1.165, 1.54) is 19.3 Å². The van der Waals surface area contributed by atoms with Crippen molar-refractivity contribution >= 4 is 5.76 Å². The molecule has 1 aromatic rings. The van der Waals surface area contributed by atoms with Crippen LogP contribution >= 0.6 is 0 Å². The van der Waals surface area contributed by atoms with Crippen molar-refractivity contribution in [2.45, 2.75) is 46.5 Å². The molecule has 0 aromatic heterocycles. The Hall–Kier alpha value is -1.44. The second-order valence-corrected chi connectivity index (χ2v) is 6.19. The lowest BCUT2D eigenvalue weighted by Crippen LogP contribution is -2.06. The summed E-state index contributed by atoms with van der Waals surface area (Å²) in [5, 5.41) is 0. The van der Waals surface area contributed by atoms with Crippen molar-refractivity contribution in [3.63, 3.8) is 0 Å². The minimum Gasteiger partial charge on any atom is -0.497 e. The highest BCUT2D eigenvalue weighted by Crippen LogP contribution is 2.25. The summed E-state index contributed by atoms with van der Waals surface area (Å²) in [6, 6.07) is 7.91. The summed E-state index contributed by atoms with van der Waals surface area (Å²) in [6.07, 6.45) is 5.01. The van der Waals surface area contributed by atoms with Crippen LogP contribution in [0.3, 0.4) is 0 Å². The molecule has 1 unspecified atom stereocenters. The van der Waals surface area contributed by atoms with Gasteiger partial charge in [-0.05, 0) is 30.4 Å². The largest absolute Gasteiger partial charge is 0.497 e. The SMILES string of the molecule is C=C(OC)c1ccccc1OCCC(C)CCCC(C)C. The molecule has 0 bridgehead atoms. The molecule has 1 rings (SSSR count). The van der Waals surface area contributed by atoms with Gasteiger partial charge in [0.05, 0.1) is 19.3 Å². The molecule has 0 N–H and O–H groups in total. The molecule has 0 aliphatic rings. The van der Waals surface area contributed by atoms with Gasteiger partial charge in [-0.1, -0.05) is 58.7 Å². The highest BCUT2D eigenvalue weighted by atomic mass is 16.5.